The zero-order valence-corrected chi connectivity index (χ0v) is 9.30. The molecule has 2 heterocycles. The molecule has 1 aromatic rings. The highest BCUT2D eigenvalue weighted by molar-refractivity contribution is 5.62. The molecule has 0 aromatic heterocycles. The van der Waals surface area contributed by atoms with Crippen LogP contribution in [-0.4, -0.2) is 41.0 Å². The number of carbonyl (C=O) groups excluding carboxylic acids is 1. The smallest absolute Gasteiger partial charge is 0.425 e. The maximum Gasteiger partial charge on any atom is 0.509 e. The Bertz CT molecular complexity index is 447. The standard InChI is InChI=1S/C12H12O6/c13-7-9-10(16-11(7)14)8(17-12(15)18-9)6-4-2-1-3-5-6/h1-5,7-11,13-14H/t7-,8-,9-,10-,11+/m1/s1. The van der Waals surface area contributed by atoms with Gasteiger partial charge in [0, 0.05) is 0 Å². The number of carbonyl (C=O) groups is 1. The average Bonchev–Trinajstić information content (AvgIpc) is 2.66. The van der Waals surface area contributed by atoms with Gasteiger partial charge in [-0.3, -0.25) is 0 Å². The van der Waals surface area contributed by atoms with Crippen LogP contribution >= 0.6 is 0 Å². The minimum Gasteiger partial charge on any atom is -0.425 e. The molecular weight excluding hydrogens is 240 g/mol. The zero-order valence-electron chi connectivity index (χ0n) is 9.30. The van der Waals surface area contributed by atoms with Crippen LogP contribution in [0.2, 0.25) is 0 Å². The lowest BCUT2D eigenvalue weighted by atomic mass is 9.98. The number of aliphatic hydroxyl groups excluding tert-OH is 2. The van der Waals surface area contributed by atoms with Gasteiger partial charge in [-0.05, 0) is 5.56 Å². The van der Waals surface area contributed by atoms with E-state index in [0.717, 1.165) is 5.56 Å². The van der Waals surface area contributed by atoms with E-state index in [1.165, 1.54) is 0 Å². The normalized spacial score (nSPS) is 38.8. The summed E-state index contributed by atoms with van der Waals surface area (Å²) in [4.78, 5) is 11.3. The average molecular weight is 252 g/mol. The third-order valence-corrected chi connectivity index (χ3v) is 3.13. The van der Waals surface area contributed by atoms with Gasteiger partial charge in [0.1, 0.15) is 12.2 Å². The van der Waals surface area contributed by atoms with Crippen LogP contribution in [0.5, 0.6) is 0 Å². The summed E-state index contributed by atoms with van der Waals surface area (Å²) >= 11 is 0. The number of fused-ring (bicyclic) bond motifs is 1. The van der Waals surface area contributed by atoms with Crippen molar-refractivity contribution in [1.29, 1.82) is 0 Å². The fourth-order valence-corrected chi connectivity index (χ4v) is 2.27. The first-order valence-electron chi connectivity index (χ1n) is 5.60. The molecule has 2 saturated heterocycles. The van der Waals surface area contributed by atoms with Crippen molar-refractivity contribution in [3.63, 3.8) is 0 Å². The molecule has 0 bridgehead atoms. The molecule has 6 heteroatoms. The maximum atomic E-state index is 11.3. The van der Waals surface area contributed by atoms with Crippen molar-refractivity contribution in [2.45, 2.75) is 30.7 Å². The van der Waals surface area contributed by atoms with Crippen molar-refractivity contribution in [3.05, 3.63) is 35.9 Å². The monoisotopic (exact) mass is 252 g/mol. The van der Waals surface area contributed by atoms with Crippen LogP contribution < -0.4 is 0 Å². The summed E-state index contributed by atoms with van der Waals surface area (Å²) in [5.74, 6) is 0. The Morgan fingerprint density at radius 3 is 2.44 bits per heavy atom. The summed E-state index contributed by atoms with van der Waals surface area (Å²) in [6, 6.07) is 8.99. The van der Waals surface area contributed by atoms with Gasteiger partial charge in [-0.25, -0.2) is 4.79 Å². The molecule has 2 aliphatic rings. The van der Waals surface area contributed by atoms with Crippen LogP contribution in [0.25, 0.3) is 0 Å². The van der Waals surface area contributed by atoms with Gasteiger partial charge in [0.15, 0.2) is 18.5 Å². The van der Waals surface area contributed by atoms with Crippen LogP contribution in [-0.2, 0) is 14.2 Å². The second kappa shape index (κ2) is 4.24. The molecule has 1 aromatic carbocycles. The Kier molecular flexibility index (Phi) is 2.70. The number of aliphatic hydroxyl groups is 2. The van der Waals surface area contributed by atoms with E-state index >= 15 is 0 Å². The first kappa shape index (κ1) is 11.5. The minimum atomic E-state index is -1.37. The van der Waals surface area contributed by atoms with Gasteiger partial charge >= 0.3 is 6.16 Å². The van der Waals surface area contributed by atoms with Gasteiger partial charge in [0.2, 0.25) is 0 Å². The number of benzene rings is 1. The molecule has 3 rings (SSSR count). The highest BCUT2D eigenvalue weighted by atomic mass is 16.8. The predicted octanol–water partition coefficient (Wildman–Crippen LogP) is 0.341. The lowest BCUT2D eigenvalue weighted by Crippen LogP contribution is -2.45. The summed E-state index contributed by atoms with van der Waals surface area (Å²) in [7, 11) is 0. The molecule has 96 valence electrons. The number of hydrogen-bond donors (Lipinski definition) is 2. The van der Waals surface area contributed by atoms with E-state index in [1.54, 1.807) is 24.3 Å². The largest absolute Gasteiger partial charge is 0.509 e. The van der Waals surface area contributed by atoms with E-state index in [0.29, 0.717) is 0 Å². The first-order valence-corrected chi connectivity index (χ1v) is 5.60. The number of rotatable bonds is 1. The lowest BCUT2D eigenvalue weighted by Gasteiger charge is -2.32. The second-order valence-corrected chi connectivity index (χ2v) is 4.26. The topological polar surface area (TPSA) is 85.2 Å². The minimum absolute atomic E-state index is 0.691. The zero-order chi connectivity index (χ0) is 12.7. The van der Waals surface area contributed by atoms with Gasteiger partial charge in [0.25, 0.3) is 0 Å². The number of ether oxygens (including phenoxy) is 3. The molecule has 0 aliphatic carbocycles. The summed E-state index contributed by atoms with van der Waals surface area (Å²) in [5.41, 5.74) is 0.727. The molecule has 6 nitrogen and oxygen atoms in total. The number of cyclic esters (lactones) is 1. The maximum absolute atomic E-state index is 11.3. The quantitative estimate of drug-likeness (QED) is 0.701. The molecule has 0 spiro atoms. The van der Waals surface area contributed by atoms with Crippen molar-refractivity contribution in [1.82, 2.24) is 0 Å². The van der Waals surface area contributed by atoms with Crippen molar-refractivity contribution >= 4 is 6.16 Å². The Hall–Kier alpha value is -1.63. The van der Waals surface area contributed by atoms with Crippen molar-refractivity contribution < 1.29 is 29.2 Å². The van der Waals surface area contributed by atoms with Crippen LogP contribution in [0.15, 0.2) is 30.3 Å². The van der Waals surface area contributed by atoms with E-state index in [1.807, 2.05) is 6.07 Å². The molecular formula is C12H12O6. The first-order chi connectivity index (χ1) is 8.66. The van der Waals surface area contributed by atoms with E-state index in [-0.39, 0.29) is 0 Å². The molecule has 2 aliphatic heterocycles. The molecule has 2 fully saturated rings. The molecule has 2 N–H and O–H groups in total. The van der Waals surface area contributed by atoms with Gasteiger partial charge < -0.3 is 24.4 Å². The molecule has 0 unspecified atom stereocenters. The van der Waals surface area contributed by atoms with Crippen molar-refractivity contribution in [2.75, 3.05) is 0 Å². The van der Waals surface area contributed by atoms with Crippen molar-refractivity contribution in [2.24, 2.45) is 0 Å². The van der Waals surface area contributed by atoms with E-state index in [9.17, 15) is 15.0 Å². The Balaban J connectivity index is 1.92. The Labute approximate surface area is 103 Å². The van der Waals surface area contributed by atoms with Crippen LogP contribution in [0.4, 0.5) is 4.79 Å². The van der Waals surface area contributed by atoms with Gasteiger partial charge in [-0.2, -0.15) is 0 Å². The van der Waals surface area contributed by atoms with E-state index in [2.05, 4.69) is 0 Å². The molecule has 5 atom stereocenters. The Morgan fingerprint density at radius 2 is 1.72 bits per heavy atom. The van der Waals surface area contributed by atoms with E-state index in [4.69, 9.17) is 14.2 Å². The van der Waals surface area contributed by atoms with Crippen LogP contribution in [0.1, 0.15) is 11.7 Å². The van der Waals surface area contributed by atoms with Gasteiger partial charge in [0.05, 0.1) is 0 Å². The van der Waals surface area contributed by atoms with Gasteiger partial charge in [-0.1, -0.05) is 30.3 Å². The SMILES string of the molecule is O=C1O[C@@H]2[C@@H](O)[C@@H](O)O[C@@H]2[C@@H](c2ccccc2)O1. The highest BCUT2D eigenvalue weighted by Gasteiger charge is 2.53. The van der Waals surface area contributed by atoms with Crippen LogP contribution in [0, 0.1) is 0 Å². The summed E-state index contributed by atoms with van der Waals surface area (Å²) in [6.45, 7) is 0. The lowest BCUT2D eigenvalue weighted by molar-refractivity contribution is -0.162. The second-order valence-electron chi connectivity index (χ2n) is 4.26. The predicted molar refractivity (Wildman–Crippen MR) is 57.4 cm³/mol. The van der Waals surface area contributed by atoms with Crippen LogP contribution in [0.3, 0.4) is 0 Å². The fraction of sp³-hybridized carbons (Fsp3) is 0.417. The third-order valence-electron chi connectivity index (χ3n) is 3.13. The highest BCUT2D eigenvalue weighted by Crippen LogP contribution is 2.38. The molecule has 0 radical (unpaired) electrons. The third kappa shape index (κ3) is 1.74. The Morgan fingerprint density at radius 1 is 1.00 bits per heavy atom. The number of hydrogen-bond acceptors (Lipinski definition) is 6. The summed E-state index contributed by atoms with van der Waals surface area (Å²) < 4.78 is 15.1. The van der Waals surface area contributed by atoms with E-state index < -0.39 is 36.9 Å². The van der Waals surface area contributed by atoms with Crippen molar-refractivity contribution in [3.8, 4) is 0 Å². The fourth-order valence-electron chi connectivity index (χ4n) is 2.27. The molecule has 18 heavy (non-hydrogen) atoms. The molecule has 0 saturated carbocycles. The molecule has 0 amide bonds. The van der Waals surface area contributed by atoms with Gasteiger partial charge in [-0.15, -0.1) is 0 Å². The summed E-state index contributed by atoms with van der Waals surface area (Å²) in [5, 5.41) is 19.1. The summed E-state index contributed by atoms with van der Waals surface area (Å²) in [6.07, 6.45) is -5.82.